The topological polar surface area (TPSA) is 65.5 Å². The van der Waals surface area contributed by atoms with E-state index >= 15 is 0 Å². The van der Waals surface area contributed by atoms with Crippen LogP contribution in [0.15, 0.2) is 64.9 Å². The van der Waals surface area contributed by atoms with Crippen LogP contribution in [0, 0.1) is 0 Å². The van der Waals surface area contributed by atoms with Crippen molar-refractivity contribution in [2.75, 3.05) is 25.5 Å². The van der Waals surface area contributed by atoms with E-state index in [0.717, 1.165) is 17.7 Å². The molecular weight excluding hydrogens is 533 g/mol. The number of amides is 1. The number of carbonyl (C=O) groups excluding carboxylic acids is 1. The SMILES string of the molecule is CN(C)c1cc(CNC(=O)C2C=CCN2S(=O)c2ccc(Cl)s2)cc(-c2ccc(C(F)(F)F)cc2)n1. The standard InChI is InChI=1S/C24H22ClF3N4O2S2/c1-31(2)21-13-15(12-18(30-21)16-5-7-17(8-6-16)24(26,27)28)14-29-23(33)19-4-3-11-32(19)36(34)22-10-9-20(25)35-22/h3-10,12-13,19H,11,14H2,1-2H3,(H,29,33). The molecule has 6 nitrogen and oxygen atoms in total. The Morgan fingerprint density at radius 2 is 1.94 bits per heavy atom. The van der Waals surface area contributed by atoms with E-state index < -0.39 is 28.8 Å². The molecule has 0 radical (unpaired) electrons. The molecule has 0 aliphatic carbocycles. The molecule has 1 aliphatic heterocycles. The summed E-state index contributed by atoms with van der Waals surface area (Å²) in [6.07, 6.45) is -0.931. The van der Waals surface area contributed by atoms with Gasteiger partial charge in [0.05, 0.1) is 15.6 Å². The Kier molecular flexibility index (Phi) is 7.84. The van der Waals surface area contributed by atoms with Gasteiger partial charge >= 0.3 is 6.18 Å². The predicted molar refractivity (Wildman–Crippen MR) is 136 cm³/mol. The first-order valence-corrected chi connectivity index (χ1v) is 13.1. The lowest BCUT2D eigenvalue weighted by molar-refractivity contribution is -0.137. The van der Waals surface area contributed by atoms with E-state index in [1.807, 2.05) is 0 Å². The van der Waals surface area contributed by atoms with Gasteiger partial charge in [-0.3, -0.25) is 4.79 Å². The maximum absolute atomic E-state index is 13.0. The number of carbonyl (C=O) groups is 1. The molecule has 0 spiro atoms. The highest BCUT2D eigenvalue weighted by Gasteiger charge is 2.32. The number of hydrogen-bond donors (Lipinski definition) is 1. The van der Waals surface area contributed by atoms with Crippen molar-refractivity contribution in [1.82, 2.24) is 14.6 Å². The first-order chi connectivity index (χ1) is 17.0. The Labute approximate surface area is 218 Å². The monoisotopic (exact) mass is 554 g/mol. The van der Waals surface area contributed by atoms with Crippen molar-refractivity contribution < 1.29 is 22.2 Å². The lowest BCUT2D eigenvalue weighted by atomic mass is 10.1. The zero-order chi connectivity index (χ0) is 26.0. The third kappa shape index (κ3) is 5.97. The fourth-order valence-electron chi connectivity index (χ4n) is 3.57. The summed E-state index contributed by atoms with van der Waals surface area (Å²) in [6, 6.07) is 10.9. The van der Waals surface area contributed by atoms with Gasteiger partial charge in [0.2, 0.25) is 5.91 Å². The number of aromatic nitrogens is 1. The summed E-state index contributed by atoms with van der Waals surface area (Å²) in [5.41, 5.74) is 0.988. The van der Waals surface area contributed by atoms with Gasteiger partial charge in [-0.25, -0.2) is 9.19 Å². The van der Waals surface area contributed by atoms with E-state index in [2.05, 4.69) is 10.3 Å². The van der Waals surface area contributed by atoms with Crippen LogP contribution in [-0.2, 0) is 28.5 Å². The lowest BCUT2D eigenvalue weighted by Crippen LogP contribution is -2.43. The Morgan fingerprint density at radius 3 is 2.56 bits per heavy atom. The first-order valence-electron chi connectivity index (χ1n) is 10.8. The molecule has 0 fully saturated rings. The van der Waals surface area contributed by atoms with Crippen molar-refractivity contribution in [1.29, 1.82) is 0 Å². The molecule has 2 unspecified atom stereocenters. The Morgan fingerprint density at radius 1 is 1.22 bits per heavy atom. The molecule has 2 atom stereocenters. The first kappa shape index (κ1) is 26.3. The molecule has 36 heavy (non-hydrogen) atoms. The van der Waals surface area contributed by atoms with Crippen LogP contribution in [0.2, 0.25) is 4.34 Å². The Balaban J connectivity index is 1.50. The van der Waals surface area contributed by atoms with Crippen LogP contribution < -0.4 is 10.2 Å². The normalized spacial score (nSPS) is 16.8. The van der Waals surface area contributed by atoms with E-state index in [1.54, 1.807) is 59.7 Å². The molecule has 3 aromatic rings. The molecule has 12 heteroatoms. The molecule has 0 saturated carbocycles. The quantitative estimate of drug-likeness (QED) is 0.411. The maximum Gasteiger partial charge on any atom is 0.416 e. The highest BCUT2D eigenvalue weighted by molar-refractivity contribution is 7.85. The highest BCUT2D eigenvalue weighted by Crippen LogP contribution is 2.31. The molecule has 1 aliphatic rings. The molecule has 190 valence electrons. The number of pyridine rings is 1. The summed E-state index contributed by atoms with van der Waals surface area (Å²) in [6.45, 7) is 0.518. The third-order valence-corrected chi connectivity index (χ3v) is 8.41. The zero-order valence-corrected chi connectivity index (χ0v) is 21.6. The second kappa shape index (κ2) is 10.7. The number of thiophene rings is 1. The van der Waals surface area contributed by atoms with E-state index in [4.69, 9.17) is 11.6 Å². The minimum atomic E-state index is -4.42. The summed E-state index contributed by atoms with van der Waals surface area (Å²) < 4.78 is 54.4. The third-order valence-electron chi connectivity index (χ3n) is 5.42. The number of hydrogen-bond acceptors (Lipinski definition) is 5. The van der Waals surface area contributed by atoms with Crippen LogP contribution in [0.25, 0.3) is 11.3 Å². The number of halogens is 4. The van der Waals surface area contributed by atoms with Crippen molar-refractivity contribution in [3.8, 4) is 11.3 Å². The van der Waals surface area contributed by atoms with Crippen LogP contribution in [0.5, 0.6) is 0 Å². The fourth-order valence-corrected chi connectivity index (χ4v) is 6.34. The van der Waals surface area contributed by atoms with Gasteiger partial charge in [-0.1, -0.05) is 35.9 Å². The molecule has 0 saturated heterocycles. The van der Waals surface area contributed by atoms with E-state index in [9.17, 15) is 22.2 Å². The number of nitrogens with zero attached hydrogens (tertiary/aromatic N) is 3. The van der Waals surface area contributed by atoms with Gasteiger partial charge in [0.1, 0.15) is 27.1 Å². The fraction of sp³-hybridized carbons (Fsp3) is 0.250. The highest BCUT2D eigenvalue weighted by atomic mass is 35.5. The van der Waals surface area contributed by atoms with Crippen molar-refractivity contribution in [2.45, 2.75) is 23.0 Å². The summed E-state index contributed by atoms with van der Waals surface area (Å²) in [5, 5.41) is 2.87. The second-order valence-electron chi connectivity index (χ2n) is 8.19. The molecule has 1 amide bonds. The number of benzene rings is 1. The van der Waals surface area contributed by atoms with Gasteiger partial charge < -0.3 is 10.2 Å². The van der Waals surface area contributed by atoms with Gasteiger partial charge in [-0.05, 0) is 42.0 Å². The largest absolute Gasteiger partial charge is 0.416 e. The summed E-state index contributed by atoms with van der Waals surface area (Å²) >= 11 is 7.16. The summed E-state index contributed by atoms with van der Waals surface area (Å²) in [7, 11) is 2.06. The van der Waals surface area contributed by atoms with Crippen molar-refractivity contribution in [2.24, 2.45) is 0 Å². The smallest absolute Gasteiger partial charge is 0.363 e. The van der Waals surface area contributed by atoms with Gasteiger partial charge in [-0.15, -0.1) is 11.3 Å². The van der Waals surface area contributed by atoms with Gasteiger partial charge in [0.15, 0.2) is 0 Å². The molecule has 2 aromatic heterocycles. The minimum absolute atomic E-state index is 0.158. The molecule has 3 heterocycles. The van der Waals surface area contributed by atoms with Crippen LogP contribution >= 0.6 is 22.9 Å². The van der Waals surface area contributed by atoms with E-state index in [1.165, 1.54) is 23.5 Å². The summed E-state index contributed by atoms with van der Waals surface area (Å²) in [4.78, 5) is 19.3. The molecule has 1 aromatic carbocycles. The lowest BCUT2D eigenvalue weighted by Gasteiger charge is -2.22. The Hall–Kier alpha value is -2.73. The number of anilines is 1. The Bertz CT molecular complexity index is 1310. The number of rotatable bonds is 7. The van der Waals surface area contributed by atoms with Crippen molar-refractivity contribution in [3.05, 3.63) is 76.1 Å². The van der Waals surface area contributed by atoms with E-state index in [0.29, 0.717) is 32.2 Å². The van der Waals surface area contributed by atoms with Crippen molar-refractivity contribution >= 4 is 45.6 Å². The molecule has 1 N–H and O–H groups in total. The predicted octanol–water partition coefficient (Wildman–Crippen LogP) is 5.13. The van der Waals surface area contributed by atoms with Gasteiger partial charge in [0, 0.05) is 32.7 Å². The van der Waals surface area contributed by atoms with Crippen LogP contribution in [0.4, 0.5) is 19.0 Å². The van der Waals surface area contributed by atoms with Gasteiger partial charge in [-0.2, -0.15) is 17.5 Å². The second-order valence-corrected chi connectivity index (χ2v) is 11.6. The average Bonchev–Trinajstić information content (AvgIpc) is 3.51. The maximum atomic E-state index is 13.0. The average molecular weight is 555 g/mol. The van der Waals surface area contributed by atoms with Crippen LogP contribution in [-0.4, -0.2) is 46.1 Å². The number of alkyl halides is 3. The van der Waals surface area contributed by atoms with Crippen LogP contribution in [0.3, 0.4) is 0 Å². The van der Waals surface area contributed by atoms with Crippen LogP contribution in [0.1, 0.15) is 11.1 Å². The van der Waals surface area contributed by atoms with Gasteiger partial charge in [0.25, 0.3) is 0 Å². The summed E-state index contributed by atoms with van der Waals surface area (Å²) in [5.74, 6) is 0.272. The number of nitrogens with one attached hydrogen (secondary N) is 1. The van der Waals surface area contributed by atoms with Crippen molar-refractivity contribution in [3.63, 3.8) is 0 Å². The zero-order valence-electron chi connectivity index (χ0n) is 19.3. The molecular formula is C24H22ClF3N4O2S2. The molecule has 0 bridgehead atoms. The minimum Gasteiger partial charge on any atom is -0.363 e. The molecule has 4 rings (SSSR count). The van der Waals surface area contributed by atoms with E-state index in [-0.39, 0.29) is 12.5 Å².